The molecule has 21 heavy (non-hydrogen) atoms. The molecular formula is C18H31NO2. The molecule has 3 heteroatoms. The predicted molar refractivity (Wildman–Crippen MR) is 84.0 cm³/mol. The summed E-state index contributed by atoms with van der Waals surface area (Å²) in [5.41, 5.74) is 0.305. The van der Waals surface area contributed by atoms with Gasteiger partial charge in [-0.1, -0.05) is 33.6 Å². The van der Waals surface area contributed by atoms with Crippen LogP contribution in [0, 0.1) is 17.3 Å². The van der Waals surface area contributed by atoms with E-state index in [0.29, 0.717) is 23.3 Å². The number of rotatable bonds is 2. The molecule has 3 rings (SSSR count). The molecule has 0 bridgehead atoms. The van der Waals surface area contributed by atoms with E-state index < -0.39 is 0 Å². The lowest BCUT2D eigenvalue weighted by Crippen LogP contribution is -2.41. The van der Waals surface area contributed by atoms with Crippen LogP contribution < -0.4 is 5.32 Å². The number of hydrogen-bond donors (Lipinski definition) is 1. The first-order valence-electron chi connectivity index (χ1n) is 8.89. The summed E-state index contributed by atoms with van der Waals surface area (Å²) in [6, 6.07) is 0.525. The van der Waals surface area contributed by atoms with Gasteiger partial charge in [-0.25, -0.2) is 0 Å². The first kappa shape index (κ1) is 15.3. The molecule has 1 heterocycles. The molecule has 1 saturated heterocycles. The van der Waals surface area contributed by atoms with Gasteiger partial charge < -0.3 is 10.1 Å². The van der Waals surface area contributed by atoms with Gasteiger partial charge in [0.15, 0.2) is 0 Å². The van der Waals surface area contributed by atoms with Gasteiger partial charge in [0.2, 0.25) is 0 Å². The molecule has 5 atom stereocenters. The number of carbonyl (C=O) groups is 1. The summed E-state index contributed by atoms with van der Waals surface area (Å²) in [4.78, 5) is 12.5. The van der Waals surface area contributed by atoms with Crippen molar-refractivity contribution in [1.29, 1.82) is 0 Å². The molecule has 5 unspecified atom stereocenters. The molecule has 0 radical (unpaired) electrons. The molecule has 0 aromatic heterocycles. The van der Waals surface area contributed by atoms with Crippen molar-refractivity contribution in [3.05, 3.63) is 0 Å². The predicted octanol–water partition coefficient (Wildman–Crippen LogP) is 3.67. The first-order valence-corrected chi connectivity index (χ1v) is 8.89. The van der Waals surface area contributed by atoms with E-state index in [1.165, 1.54) is 32.1 Å². The van der Waals surface area contributed by atoms with Gasteiger partial charge in [0.1, 0.15) is 12.1 Å². The summed E-state index contributed by atoms with van der Waals surface area (Å²) in [6.45, 7) is 6.88. The van der Waals surface area contributed by atoms with Crippen molar-refractivity contribution >= 4 is 5.97 Å². The third-order valence-corrected chi connectivity index (χ3v) is 5.78. The average Bonchev–Trinajstić information content (AvgIpc) is 2.79. The molecule has 2 saturated carbocycles. The molecule has 120 valence electrons. The van der Waals surface area contributed by atoms with Crippen LogP contribution in [0.4, 0.5) is 0 Å². The first-order chi connectivity index (χ1) is 9.93. The third-order valence-electron chi connectivity index (χ3n) is 5.78. The monoisotopic (exact) mass is 293 g/mol. The van der Waals surface area contributed by atoms with E-state index in [1.54, 1.807) is 0 Å². The minimum Gasteiger partial charge on any atom is -0.461 e. The van der Waals surface area contributed by atoms with Gasteiger partial charge >= 0.3 is 5.97 Å². The van der Waals surface area contributed by atoms with E-state index in [0.717, 1.165) is 19.3 Å². The standard InChI is InChI=1S/C18H31NO2/c1-12-8-14(11-18(2,3)10-12)21-17(20)16-9-13-6-4-5-7-15(13)19-16/h12-16,19H,4-11H2,1-3H3. The number of fused-ring (bicyclic) bond motifs is 1. The SMILES string of the molecule is CC1CC(OC(=O)C2CC3CCCCC3N2)CC(C)(C)C1. The van der Waals surface area contributed by atoms with Crippen LogP contribution in [0.1, 0.15) is 72.1 Å². The number of esters is 1. The lowest BCUT2D eigenvalue weighted by atomic mass is 9.71. The fourth-order valence-corrected chi connectivity index (χ4v) is 5.10. The van der Waals surface area contributed by atoms with Crippen LogP contribution in [0.15, 0.2) is 0 Å². The minimum atomic E-state index is -0.0431. The van der Waals surface area contributed by atoms with Crippen molar-refractivity contribution in [2.45, 2.75) is 90.3 Å². The largest absolute Gasteiger partial charge is 0.461 e. The molecule has 3 aliphatic rings. The number of ether oxygens (including phenoxy) is 1. The number of hydrogen-bond acceptors (Lipinski definition) is 3. The van der Waals surface area contributed by atoms with E-state index in [9.17, 15) is 4.79 Å². The van der Waals surface area contributed by atoms with Crippen LogP contribution >= 0.6 is 0 Å². The molecule has 3 fully saturated rings. The fraction of sp³-hybridized carbons (Fsp3) is 0.944. The van der Waals surface area contributed by atoms with Crippen LogP contribution in [0.5, 0.6) is 0 Å². The van der Waals surface area contributed by atoms with Gasteiger partial charge in [0.25, 0.3) is 0 Å². The van der Waals surface area contributed by atoms with Gasteiger partial charge in [-0.3, -0.25) is 4.79 Å². The molecule has 0 amide bonds. The number of nitrogens with one attached hydrogen (secondary N) is 1. The Hall–Kier alpha value is -0.570. The smallest absolute Gasteiger partial charge is 0.323 e. The topological polar surface area (TPSA) is 38.3 Å². The molecule has 1 aliphatic heterocycles. The maximum atomic E-state index is 12.5. The highest BCUT2D eigenvalue weighted by molar-refractivity contribution is 5.76. The quantitative estimate of drug-likeness (QED) is 0.790. The second kappa shape index (κ2) is 5.91. The van der Waals surface area contributed by atoms with E-state index >= 15 is 0 Å². The van der Waals surface area contributed by atoms with Gasteiger partial charge in [-0.15, -0.1) is 0 Å². The average molecular weight is 293 g/mol. The Morgan fingerprint density at radius 2 is 1.90 bits per heavy atom. The highest BCUT2D eigenvalue weighted by Crippen LogP contribution is 2.40. The van der Waals surface area contributed by atoms with Crippen LogP contribution in [-0.2, 0) is 9.53 Å². The maximum absolute atomic E-state index is 12.5. The van der Waals surface area contributed by atoms with Crippen LogP contribution in [0.25, 0.3) is 0 Å². The van der Waals surface area contributed by atoms with Crippen LogP contribution in [-0.4, -0.2) is 24.2 Å². The fourth-order valence-electron chi connectivity index (χ4n) is 5.10. The van der Waals surface area contributed by atoms with Gasteiger partial charge in [0, 0.05) is 6.04 Å². The van der Waals surface area contributed by atoms with E-state index in [2.05, 4.69) is 26.1 Å². The van der Waals surface area contributed by atoms with Crippen molar-refractivity contribution in [1.82, 2.24) is 5.32 Å². The third kappa shape index (κ3) is 3.61. The second-order valence-electron chi connectivity index (χ2n) is 8.58. The summed E-state index contributed by atoms with van der Waals surface area (Å²) in [5, 5.41) is 3.54. The highest BCUT2D eigenvalue weighted by Gasteiger charge is 2.41. The summed E-state index contributed by atoms with van der Waals surface area (Å²) < 4.78 is 5.89. The molecular weight excluding hydrogens is 262 g/mol. The van der Waals surface area contributed by atoms with Crippen molar-refractivity contribution in [2.75, 3.05) is 0 Å². The minimum absolute atomic E-state index is 0.0132. The summed E-state index contributed by atoms with van der Waals surface area (Å²) in [7, 11) is 0. The van der Waals surface area contributed by atoms with Crippen molar-refractivity contribution < 1.29 is 9.53 Å². The highest BCUT2D eigenvalue weighted by atomic mass is 16.5. The Morgan fingerprint density at radius 1 is 1.14 bits per heavy atom. The van der Waals surface area contributed by atoms with Crippen LogP contribution in [0.3, 0.4) is 0 Å². The van der Waals surface area contributed by atoms with Crippen molar-refractivity contribution in [2.24, 2.45) is 17.3 Å². The Morgan fingerprint density at radius 3 is 2.62 bits per heavy atom. The van der Waals surface area contributed by atoms with Crippen LogP contribution in [0.2, 0.25) is 0 Å². The van der Waals surface area contributed by atoms with Gasteiger partial charge in [0.05, 0.1) is 0 Å². The van der Waals surface area contributed by atoms with Crippen molar-refractivity contribution in [3.8, 4) is 0 Å². The second-order valence-corrected chi connectivity index (χ2v) is 8.58. The zero-order valence-electron chi connectivity index (χ0n) is 13.9. The van der Waals surface area contributed by atoms with Gasteiger partial charge in [-0.2, -0.15) is 0 Å². The normalized spacial score (nSPS) is 42.3. The molecule has 1 N–H and O–H groups in total. The Labute approximate surface area is 129 Å². The van der Waals surface area contributed by atoms with Crippen molar-refractivity contribution in [3.63, 3.8) is 0 Å². The Balaban J connectivity index is 1.54. The number of carbonyl (C=O) groups excluding carboxylic acids is 1. The molecule has 3 nitrogen and oxygen atoms in total. The lowest BCUT2D eigenvalue weighted by Gasteiger charge is -2.38. The zero-order valence-corrected chi connectivity index (χ0v) is 13.9. The van der Waals surface area contributed by atoms with E-state index in [4.69, 9.17) is 4.74 Å². The lowest BCUT2D eigenvalue weighted by molar-refractivity contribution is -0.155. The molecule has 2 aliphatic carbocycles. The molecule has 0 aromatic carbocycles. The van der Waals surface area contributed by atoms with E-state index in [-0.39, 0.29) is 18.1 Å². The Bertz CT molecular complexity index is 379. The molecule has 0 spiro atoms. The summed E-state index contributed by atoms with van der Waals surface area (Å²) in [5.74, 6) is 1.38. The van der Waals surface area contributed by atoms with E-state index in [1.807, 2.05) is 0 Å². The maximum Gasteiger partial charge on any atom is 0.323 e. The summed E-state index contributed by atoms with van der Waals surface area (Å²) in [6.07, 6.45) is 9.58. The zero-order chi connectivity index (χ0) is 15.0. The Kier molecular flexibility index (Phi) is 4.31. The molecule has 0 aromatic rings. The van der Waals surface area contributed by atoms with Gasteiger partial charge in [-0.05, 0) is 55.8 Å². The summed E-state index contributed by atoms with van der Waals surface area (Å²) >= 11 is 0.